The largest absolute Gasteiger partial charge is 0.497 e. The number of hydrogen-bond donors (Lipinski definition) is 0. The highest BCUT2D eigenvalue weighted by atomic mass is 32.2. The first-order valence-electron chi connectivity index (χ1n) is 9.82. The smallest absolute Gasteiger partial charge is 0.264 e. The van der Waals surface area contributed by atoms with Gasteiger partial charge in [-0.2, -0.15) is 0 Å². The van der Waals surface area contributed by atoms with Gasteiger partial charge in [0.05, 0.1) is 17.7 Å². The van der Waals surface area contributed by atoms with Gasteiger partial charge in [0.25, 0.3) is 10.0 Å². The molecule has 0 saturated heterocycles. The summed E-state index contributed by atoms with van der Waals surface area (Å²) in [7, 11) is -0.628. The van der Waals surface area contributed by atoms with E-state index < -0.39 is 10.0 Å². The second kappa shape index (κ2) is 8.86. The lowest BCUT2D eigenvalue weighted by atomic mass is 10.2. The number of anilines is 1. The van der Waals surface area contributed by atoms with E-state index in [2.05, 4.69) is 0 Å². The molecule has 0 N–H and O–H groups in total. The van der Waals surface area contributed by atoms with Gasteiger partial charge in [-0.25, -0.2) is 8.42 Å². The quantitative estimate of drug-likeness (QED) is 0.692. The van der Waals surface area contributed by atoms with E-state index in [1.54, 1.807) is 60.5 Å². The summed E-state index contributed by atoms with van der Waals surface area (Å²) in [5.41, 5.74) is 1.37. The third-order valence-electron chi connectivity index (χ3n) is 5.49. The van der Waals surface area contributed by atoms with Crippen molar-refractivity contribution in [2.45, 2.75) is 43.5 Å². The molecule has 1 saturated carbocycles. The number of likely N-dealkylation sites (N-methyl/N-ethyl adjacent to an activating group) is 1. The molecular formula is C22H28N2O4S. The molecule has 0 aliphatic heterocycles. The molecule has 0 aromatic heterocycles. The van der Waals surface area contributed by atoms with E-state index in [1.165, 1.54) is 11.4 Å². The number of sulfonamides is 1. The van der Waals surface area contributed by atoms with Crippen molar-refractivity contribution in [3.05, 3.63) is 54.1 Å². The summed E-state index contributed by atoms with van der Waals surface area (Å²) >= 11 is 0. The number of rotatable bonds is 7. The van der Waals surface area contributed by atoms with E-state index in [-0.39, 0.29) is 23.4 Å². The topological polar surface area (TPSA) is 66.9 Å². The zero-order chi connectivity index (χ0) is 21.0. The maximum atomic E-state index is 13.4. The summed E-state index contributed by atoms with van der Waals surface area (Å²) in [4.78, 5) is 14.8. The molecule has 7 heteroatoms. The molecule has 6 nitrogen and oxygen atoms in total. The van der Waals surface area contributed by atoms with Gasteiger partial charge in [-0.05, 0) is 44.0 Å². The third-order valence-corrected chi connectivity index (χ3v) is 7.28. The minimum Gasteiger partial charge on any atom is -0.497 e. The van der Waals surface area contributed by atoms with Crippen molar-refractivity contribution in [3.8, 4) is 5.75 Å². The highest BCUT2D eigenvalue weighted by Gasteiger charge is 2.31. The van der Waals surface area contributed by atoms with E-state index in [0.717, 1.165) is 31.2 Å². The van der Waals surface area contributed by atoms with Crippen molar-refractivity contribution < 1.29 is 17.9 Å². The molecule has 1 aliphatic rings. The first-order valence-corrected chi connectivity index (χ1v) is 11.3. The van der Waals surface area contributed by atoms with Crippen molar-refractivity contribution in [1.82, 2.24) is 4.90 Å². The molecule has 0 unspecified atom stereocenters. The van der Waals surface area contributed by atoms with Crippen LogP contribution in [0.2, 0.25) is 0 Å². The average Bonchev–Trinajstić information content (AvgIpc) is 3.26. The Morgan fingerprint density at radius 1 is 1.10 bits per heavy atom. The predicted molar refractivity (Wildman–Crippen MR) is 114 cm³/mol. The molecule has 156 valence electrons. The van der Waals surface area contributed by atoms with Gasteiger partial charge in [0, 0.05) is 19.2 Å². The average molecular weight is 417 g/mol. The van der Waals surface area contributed by atoms with Gasteiger partial charge in [0.15, 0.2) is 0 Å². The van der Waals surface area contributed by atoms with Crippen LogP contribution in [-0.4, -0.2) is 46.0 Å². The summed E-state index contributed by atoms with van der Waals surface area (Å²) in [6.45, 7) is 1.65. The van der Waals surface area contributed by atoms with E-state index >= 15 is 0 Å². The summed E-state index contributed by atoms with van der Waals surface area (Å²) in [5.74, 6) is 0.318. The van der Waals surface area contributed by atoms with E-state index in [1.807, 2.05) is 6.92 Å². The lowest BCUT2D eigenvalue weighted by Crippen LogP contribution is -2.44. The Hall–Kier alpha value is -2.54. The number of amides is 1. The Kier molecular flexibility index (Phi) is 6.47. The predicted octanol–water partition coefficient (Wildman–Crippen LogP) is 3.60. The molecular weight excluding hydrogens is 388 g/mol. The molecule has 2 aromatic carbocycles. The van der Waals surface area contributed by atoms with Crippen LogP contribution >= 0.6 is 0 Å². The molecule has 0 radical (unpaired) electrons. The lowest BCUT2D eigenvalue weighted by molar-refractivity contribution is -0.130. The normalized spacial score (nSPS) is 14.6. The van der Waals surface area contributed by atoms with Gasteiger partial charge in [-0.3, -0.25) is 9.10 Å². The molecule has 1 amide bonds. The van der Waals surface area contributed by atoms with Crippen molar-refractivity contribution in [2.24, 2.45) is 0 Å². The van der Waals surface area contributed by atoms with Crippen LogP contribution in [0.3, 0.4) is 0 Å². The highest BCUT2D eigenvalue weighted by Crippen LogP contribution is 2.28. The van der Waals surface area contributed by atoms with Gasteiger partial charge < -0.3 is 9.64 Å². The minimum absolute atomic E-state index is 0.155. The Morgan fingerprint density at radius 2 is 1.76 bits per heavy atom. The summed E-state index contributed by atoms with van der Waals surface area (Å²) in [5, 5.41) is 0. The molecule has 0 atom stereocenters. The molecule has 3 rings (SSSR count). The highest BCUT2D eigenvalue weighted by molar-refractivity contribution is 7.92. The van der Waals surface area contributed by atoms with Crippen LogP contribution in [0.25, 0.3) is 0 Å². The molecule has 2 aromatic rings. The van der Waals surface area contributed by atoms with Crippen LogP contribution in [0.5, 0.6) is 5.75 Å². The van der Waals surface area contributed by atoms with Gasteiger partial charge in [-0.15, -0.1) is 0 Å². The number of aryl methyl sites for hydroxylation is 1. The number of carbonyl (C=O) groups is 1. The Bertz CT molecular complexity index is 951. The number of carbonyl (C=O) groups excluding carboxylic acids is 1. The van der Waals surface area contributed by atoms with E-state index in [4.69, 9.17) is 4.74 Å². The molecule has 1 fully saturated rings. The van der Waals surface area contributed by atoms with Gasteiger partial charge in [-0.1, -0.05) is 36.6 Å². The summed E-state index contributed by atoms with van der Waals surface area (Å²) < 4.78 is 33.3. The summed E-state index contributed by atoms with van der Waals surface area (Å²) in [6.07, 6.45) is 4.13. The maximum absolute atomic E-state index is 13.4. The number of hydrogen-bond acceptors (Lipinski definition) is 4. The number of benzene rings is 2. The Labute approximate surface area is 173 Å². The van der Waals surface area contributed by atoms with Crippen LogP contribution < -0.4 is 9.04 Å². The van der Waals surface area contributed by atoms with E-state index in [0.29, 0.717) is 11.4 Å². The fourth-order valence-electron chi connectivity index (χ4n) is 3.65. The zero-order valence-electron chi connectivity index (χ0n) is 17.2. The fraction of sp³-hybridized carbons (Fsp3) is 0.409. The first kappa shape index (κ1) is 21.2. The number of nitrogens with zero attached hydrogens (tertiary/aromatic N) is 2. The van der Waals surface area contributed by atoms with Gasteiger partial charge in [0.2, 0.25) is 5.91 Å². The minimum atomic E-state index is -3.92. The number of ether oxygens (including phenoxy) is 1. The molecule has 0 spiro atoms. The van der Waals surface area contributed by atoms with E-state index in [9.17, 15) is 13.2 Å². The van der Waals surface area contributed by atoms with Gasteiger partial charge in [0.1, 0.15) is 12.3 Å². The van der Waals surface area contributed by atoms with Crippen molar-refractivity contribution in [3.63, 3.8) is 0 Å². The zero-order valence-corrected chi connectivity index (χ0v) is 18.0. The SMILES string of the molecule is COc1cccc(N(CC(=O)N(C)C2CCCC2)S(=O)(=O)c2ccc(C)cc2)c1. The number of methoxy groups -OCH3 is 1. The van der Waals surface area contributed by atoms with Crippen molar-refractivity contribution >= 4 is 21.6 Å². The van der Waals surface area contributed by atoms with Crippen LogP contribution in [0.4, 0.5) is 5.69 Å². The van der Waals surface area contributed by atoms with Crippen molar-refractivity contribution in [1.29, 1.82) is 0 Å². The van der Waals surface area contributed by atoms with Crippen molar-refractivity contribution in [2.75, 3.05) is 25.0 Å². The van der Waals surface area contributed by atoms with Crippen LogP contribution in [0.15, 0.2) is 53.4 Å². The van der Waals surface area contributed by atoms with Crippen LogP contribution in [-0.2, 0) is 14.8 Å². The van der Waals surface area contributed by atoms with Crippen LogP contribution in [0.1, 0.15) is 31.2 Å². The standard InChI is InChI=1S/C22H28N2O4S/c1-17-11-13-21(14-12-17)29(26,27)24(19-9-6-10-20(15-19)28-3)16-22(25)23(2)18-7-4-5-8-18/h6,9-15,18H,4-5,7-8,16H2,1-3H3. The second-order valence-corrected chi connectivity index (χ2v) is 9.33. The third kappa shape index (κ3) is 4.72. The molecule has 0 heterocycles. The Balaban J connectivity index is 1.97. The first-order chi connectivity index (χ1) is 13.8. The Morgan fingerprint density at radius 3 is 2.38 bits per heavy atom. The summed E-state index contributed by atoms with van der Waals surface area (Å²) in [6, 6.07) is 13.6. The monoisotopic (exact) mass is 416 g/mol. The second-order valence-electron chi connectivity index (χ2n) is 7.47. The molecule has 1 aliphatic carbocycles. The maximum Gasteiger partial charge on any atom is 0.264 e. The molecule has 29 heavy (non-hydrogen) atoms. The van der Waals surface area contributed by atoms with Crippen LogP contribution in [0, 0.1) is 6.92 Å². The lowest BCUT2D eigenvalue weighted by Gasteiger charge is -2.29. The van der Waals surface area contributed by atoms with Gasteiger partial charge >= 0.3 is 0 Å². The fourth-order valence-corrected chi connectivity index (χ4v) is 5.05. The molecule has 0 bridgehead atoms.